The average Bonchev–Trinajstić information content (AvgIpc) is 3.13. The van der Waals surface area contributed by atoms with Gasteiger partial charge in [0, 0.05) is 37.2 Å². The van der Waals surface area contributed by atoms with Crippen LogP contribution in [0.2, 0.25) is 0 Å². The molecule has 102 valence electrons. The van der Waals surface area contributed by atoms with E-state index >= 15 is 0 Å². The minimum absolute atomic E-state index is 0.0121. The monoisotopic (exact) mass is 286 g/mol. The van der Waals surface area contributed by atoms with E-state index < -0.39 is 0 Å². The summed E-state index contributed by atoms with van der Waals surface area (Å²) in [6.07, 6.45) is 4.20. The lowest BCUT2D eigenvalue weighted by molar-refractivity contribution is 0.0797. The number of thiazole rings is 1. The van der Waals surface area contributed by atoms with Crippen molar-refractivity contribution in [3.63, 3.8) is 0 Å². The van der Waals surface area contributed by atoms with E-state index in [1.54, 1.807) is 28.8 Å². The SMILES string of the molecule is CN(CCc1nccs1)C(=O)c1ccc2nc[nH]c2c1. The number of imidazole rings is 1. The number of H-pyrrole nitrogens is 1. The molecule has 0 spiro atoms. The van der Waals surface area contributed by atoms with E-state index in [9.17, 15) is 4.79 Å². The summed E-state index contributed by atoms with van der Waals surface area (Å²) in [5.74, 6) is 0.0121. The smallest absolute Gasteiger partial charge is 0.253 e. The molecule has 0 aliphatic carbocycles. The van der Waals surface area contributed by atoms with E-state index in [2.05, 4.69) is 15.0 Å². The molecular weight excluding hydrogens is 272 g/mol. The van der Waals surface area contributed by atoms with Crippen LogP contribution >= 0.6 is 11.3 Å². The number of rotatable bonds is 4. The predicted molar refractivity (Wildman–Crippen MR) is 78.9 cm³/mol. The molecule has 1 N–H and O–H groups in total. The van der Waals surface area contributed by atoms with Crippen molar-refractivity contribution < 1.29 is 4.79 Å². The molecule has 0 atom stereocenters. The highest BCUT2D eigenvalue weighted by molar-refractivity contribution is 7.09. The van der Waals surface area contributed by atoms with Gasteiger partial charge < -0.3 is 9.88 Å². The van der Waals surface area contributed by atoms with Crippen molar-refractivity contribution in [1.82, 2.24) is 19.9 Å². The van der Waals surface area contributed by atoms with Gasteiger partial charge in [0.1, 0.15) is 0 Å². The number of nitrogens with zero attached hydrogens (tertiary/aromatic N) is 3. The van der Waals surface area contributed by atoms with Crippen LogP contribution in [0.15, 0.2) is 36.1 Å². The minimum Gasteiger partial charge on any atom is -0.345 e. The van der Waals surface area contributed by atoms with Gasteiger partial charge in [-0.15, -0.1) is 11.3 Å². The standard InChI is InChI=1S/C14H14N4OS/c1-18(6-4-13-15-5-7-20-13)14(19)10-2-3-11-12(8-10)17-9-16-11/h2-3,5,7-9H,4,6H2,1H3,(H,16,17). The van der Waals surface area contributed by atoms with Crippen LogP contribution in [-0.2, 0) is 6.42 Å². The van der Waals surface area contributed by atoms with Gasteiger partial charge in [-0.1, -0.05) is 0 Å². The second-order valence-corrected chi connectivity index (χ2v) is 5.52. The van der Waals surface area contributed by atoms with E-state index in [0.717, 1.165) is 22.5 Å². The number of nitrogens with one attached hydrogen (secondary N) is 1. The normalized spacial score (nSPS) is 10.8. The summed E-state index contributed by atoms with van der Waals surface area (Å²) in [6.45, 7) is 0.660. The zero-order valence-corrected chi connectivity index (χ0v) is 11.9. The lowest BCUT2D eigenvalue weighted by Crippen LogP contribution is -2.28. The van der Waals surface area contributed by atoms with Gasteiger partial charge in [-0.2, -0.15) is 0 Å². The first-order valence-corrected chi connectivity index (χ1v) is 7.19. The Kier molecular flexibility index (Phi) is 3.47. The Hall–Kier alpha value is -2.21. The fourth-order valence-corrected chi connectivity index (χ4v) is 2.64. The van der Waals surface area contributed by atoms with Crippen LogP contribution < -0.4 is 0 Å². The van der Waals surface area contributed by atoms with Crippen molar-refractivity contribution in [2.75, 3.05) is 13.6 Å². The third-order valence-electron chi connectivity index (χ3n) is 3.16. The number of aromatic nitrogens is 3. The van der Waals surface area contributed by atoms with Gasteiger partial charge in [0.25, 0.3) is 5.91 Å². The van der Waals surface area contributed by atoms with Gasteiger partial charge in [0.05, 0.1) is 22.4 Å². The molecule has 1 aromatic carbocycles. The Bertz CT molecular complexity index is 720. The van der Waals surface area contributed by atoms with Crippen LogP contribution in [0.5, 0.6) is 0 Å². The van der Waals surface area contributed by atoms with Crippen LogP contribution in [0.25, 0.3) is 11.0 Å². The topological polar surface area (TPSA) is 61.9 Å². The second kappa shape index (κ2) is 5.42. The number of aromatic amines is 1. The Morgan fingerprint density at radius 1 is 1.40 bits per heavy atom. The van der Waals surface area contributed by atoms with Crippen molar-refractivity contribution in [3.8, 4) is 0 Å². The molecule has 0 aliphatic heterocycles. The molecular formula is C14H14N4OS. The van der Waals surface area contributed by atoms with Crippen LogP contribution in [0.1, 0.15) is 15.4 Å². The van der Waals surface area contributed by atoms with Gasteiger partial charge >= 0.3 is 0 Å². The number of amides is 1. The number of benzene rings is 1. The van der Waals surface area contributed by atoms with Crippen LogP contribution in [0.4, 0.5) is 0 Å². The van der Waals surface area contributed by atoms with Gasteiger partial charge in [-0.25, -0.2) is 9.97 Å². The maximum absolute atomic E-state index is 12.3. The van der Waals surface area contributed by atoms with Crippen molar-refractivity contribution in [1.29, 1.82) is 0 Å². The molecule has 1 amide bonds. The number of hydrogen-bond acceptors (Lipinski definition) is 4. The molecule has 3 rings (SSSR count). The molecule has 0 bridgehead atoms. The number of hydrogen-bond donors (Lipinski definition) is 1. The largest absolute Gasteiger partial charge is 0.345 e. The van der Waals surface area contributed by atoms with E-state index in [1.165, 1.54) is 0 Å². The summed E-state index contributed by atoms with van der Waals surface area (Å²) < 4.78 is 0. The molecule has 3 aromatic rings. The van der Waals surface area contributed by atoms with Crippen molar-refractivity contribution in [2.24, 2.45) is 0 Å². The molecule has 20 heavy (non-hydrogen) atoms. The summed E-state index contributed by atoms with van der Waals surface area (Å²) in [6, 6.07) is 5.50. The third-order valence-corrected chi connectivity index (χ3v) is 4.00. The third kappa shape index (κ3) is 2.55. The van der Waals surface area contributed by atoms with E-state index in [4.69, 9.17) is 0 Å². The Morgan fingerprint density at radius 2 is 2.30 bits per heavy atom. The number of carbonyl (C=O) groups is 1. The maximum Gasteiger partial charge on any atom is 0.253 e. The molecule has 0 fully saturated rings. The zero-order chi connectivity index (χ0) is 13.9. The minimum atomic E-state index is 0.0121. The summed E-state index contributed by atoms with van der Waals surface area (Å²) in [4.78, 5) is 25.5. The highest BCUT2D eigenvalue weighted by Gasteiger charge is 2.13. The van der Waals surface area contributed by atoms with Gasteiger partial charge in [0.2, 0.25) is 0 Å². The second-order valence-electron chi connectivity index (χ2n) is 4.54. The molecule has 0 aliphatic rings. The van der Waals surface area contributed by atoms with Gasteiger partial charge in [-0.05, 0) is 18.2 Å². The Morgan fingerprint density at radius 3 is 3.10 bits per heavy atom. The fourth-order valence-electron chi connectivity index (χ4n) is 2.03. The quantitative estimate of drug-likeness (QED) is 0.800. The lowest BCUT2D eigenvalue weighted by atomic mass is 10.1. The molecule has 0 unspecified atom stereocenters. The molecule has 0 radical (unpaired) electrons. The lowest BCUT2D eigenvalue weighted by Gasteiger charge is -2.16. The van der Waals surface area contributed by atoms with E-state index in [0.29, 0.717) is 12.1 Å². The van der Waals surface area contributed by atoms with Crippen molar-refractivity contribution in [2.45, 2.75) is 6.42 Å². The van der Waals surface area contributed by atoms with E-state index in [-0.39, 0.29) is 5.91 Å². The van der Waals surface area contributed by atoms with Crippen LogP contribution in [0, 0.1) is 0 Å². The summed E-state index contributed by atoms with van der Waals surface area (Å²) in [5.41, 5.74) is 2.42. The van der Waals surface area contributed by atoms with Crippen LogP contribution in [0.3, 0.4) is 0 Å². The molecule has 5 nitrogen and oxygen atoms in total. The first kappa shape index (κ1) is 12.8. The zero-order valence-electron chi connectivity index (χ0n) is 11.0. The first-order valence-electron chi connectivity index (χ1n) is 6.31. The first-order chi connectivity index (χ1) is 9.74. The van der Waals surface area contributed by atoms with E-state index in [1.807, 2.05) is 30.6 Å². The highest BCUT2D eigenvalue weighted by atomic mass is 32.1. The predicted octanol–water partition coefficient (Wildman–Crippen LogP) is 2.33. The summed E-state index contributed by atoms with van der Waals surface area (Å²) >= 11 is 1.61. The summed E-state index contributed by atoms with van der Waals surface area (Å²) in [5, 5.41) is 3.00. The van der Waals surface area contributed by atoms with Crippen molar-refractivity contribution in [3.05, 3.63) is 46.7 Å². The number of likely N-dealkylation sites (N-methyl/N-ethyl adjacent to an activating group) is 1. The van der Waals surface area contributed by atoms with Gasteiger partial charge in [-0.3, -0.25) is 4.79 Å². The molecule has 2 heterocycles. The highest BCUT2D eigenvalue weighted by Crippen LogP contribution is 2.13. The van der Waals surface area contributed by atoms with Crippen molar-refractivity contribution >= 4 is 28.3 Å². The number of carbonyl (C=O) groups excluding carboxylic acids is 1. The fraction of sp³-hybridized carbons (Fsp3) is 0.214. The van der Waals surface area contributed by atoms with Crippen LogP contribution in [-0.4, -0.2) is 39.4 Å². The molecule has 2 aromatic heterocycles. The maximum atomic E-state index is 12.3. The Labute approximate surface area is 120 Å². The Balaban J connectivity index is 1.70. The summed E-state index contributed by atoms with van der Waals surface area (Å²) in [7, 11) is 1.81. The van der Waals surface area contributed by atoms with Gasteiger partial charge in [0.15, 0.2) is 0 Å². The molecule has 0 saturated carbocycles. The molecule has 6 heteroatoms. The molecule has 0 saturated heterocycles. The number of fused-ring (bicyclic) bond motifs is 1. The average molecular weight is 286 g/mol.